The molecule has 1 amide bonds. The fourth-order valence-corrected chi connectivity index (χ4v) is 2.14. The Bertz CT molecular complexity index is 759. The summed E-state index contributed by atoms with van der Waals surface area (Å²) in [6, 6.07) is 6.35. The van der Waals surface area contributed by atoms with E-state index in [9.17, 15) is 19.7 Å². The molecule has 2 rings (SSSR count). The van der Waals surface area contributed by atoms with Gasteiger partial charge in [-0.25, -0.2) is 4.79 Å². The number of esters is 1. The third kappa shape index (κ3) is 4.32. The third-order valence-electron chi connectivity index (χ3n) is 3.07. The Labute approximate surface area is 141 Å². The third-order valence-corrected chi connectivity index (χ3v) is 3.38. The van der Waals surface area contributed by atoms with Crippen LogP contribution in [0.15, 0.2) is 41.0 Å². The summed E-state index contributed by atoms with van der Waals surface area (Å²) in [5.74, 6) is -0.811. The van der Waals surface area contributed by atoms with E-state index >= 15 is 0 Å². The van der Waals surface area contributed by atoms with Gasteiger partial charge in [-0.05, 0) is 25.1 Å². The summed E-state index contributed by atoms with van der Waals surface area (Å²) >= 11 is 5.82. The van der Waals surface area contributed by atoms with E-state index in [1.54, 1.807) is 19.1 Å². The van der Waals surface area contributed by atoms with Gasteiger partial charge in [0.1, 0.15) is 5.76 Å². The first-order valence-corrected chi connectivity index (χ1v) is 7.20. The molecule has 126 valence electrons. The summed E-state index contributed by atoms with van der Waals surface area (Å²) in [6.07, 6.45) is 1.48. The van der Waals surface area contributed by atoms with Crippen molar-refractivity contribution >= 4 is 29.2 Å². The van der Waals surface area contributed by atoms with Gasteiger partial charge < -0.3 is 14.5 Å². The van der Waals surface area contributed by atoms with Crippen LogP contribution in [0.5, 0.6) is 0 Å². The second kappa shape index (κ2) is 7.60. The molecular formula is C15H13ClN2O6. The highest BCUT2D eigenvalue weighted by molar-refractivity contribution is 6.33. The molecule has 9 heteroatoms. The number of carbonyl (C=O) groups is 2. The topological polar surface area (TPSA) is 112 Å². The smallest absolute Gasteiger partial charge is 0.340 e. The van der Waals surface area contributed by atoms with Crippen LogP contribution < -0.4 is 5.32 Å². The Morgan fingerprint density at radius 2 is 2.17 bits per heavy atom. The Hall–Kier alpha value is -2.87. The Morgan fingerprint density at radius 1 is 1.42 bits per heavy atom. The van der Waals surface area contributed by atoms with E-state index in [0.717, 1.165) is 12.1 Å². The molecule has 8 nitrogen and oxygen atoms in total. The van der Waals surface area contributed by atoms with Gasteiger partial charge in [0.2, 0.25) is 0 Å². The van der Waals surface area contributed by atoms with E-state index in [0.29, 0.717) is 5.76 Å². The first-order chi connectivity index (χ1) is 11.4. The molecule has 2 aromatic rings. The summed E-state index contributed by atoms with van der Waals surface area (Å²) in [4.78, 5) is 33.6. The number of ether oxygens (including phenoxy) is 1. The SMILES string of the molecule is C[C@@H](NC(=O)COC(=O)c1ccc([N+](=O)[O-])cc1Cl)c1ccco1. The maximum Gasteiger partial charge on any atom is 0.340 e. The highest BCUT2D eigenvalue weighted by Crippen LogP contribution is 2.23. The van der Waals surface area contributed by atoms with E-state index in [1.165, 1.54) is 12.3 Å². The number of nitro benzene ring substituents is 1. The number of non-ortho nitro benzene ring substituents is 1. The number of rotatable bonds is 6. The first-order valence-electron chi connectivity index (χ1n) is 6.82. The molecule has 1 aromatic carbocycles. The molecule has 0 radical (unpaired) electrons. The molecule has 24 heavy (non-hydrogen) atoms. The average molecular weight is 353 g/mol. The van der Waals surface area contributed by atoms with Crippen LogP contribution in [0.4, 0.5) is 5.69 Å². The van der Waals surface area contributed by atoms with Gasteiger partial charge in [-0.15, -0.1) is 0 Å². The van der Waals surface area contributed by atoms with Gasteiger partial charge in [0.05, 0.1) is 27.8 Å². The lowest BCUT2D eigenvalue weighted by Gasteiger charge is -2.11. The van der Waals surface area contributed by atoms with Crippen molar-refractivity contribution in [1.29, 1.82) is 0 Å². The van der Waals surface area contributed by atoms with Crippen molar-refractivity contribution in [2.24, 2.45) is 0 Å². The summed E-state index contributed by atoms with van der Waals surface area (Å²) in [5.41, 5.74) is -0.310. The monoisotopic (exact) mass is 352 g/mol. The predicted molar refractivity (Wildman–Crippen MR) is 83.7 cm³/mol. The van der Waals surface area contributed by atoms with Crippen molar-refractivity contribution in [3.8, 4) is 0 Å². The van der Waals surface area contributed by atoms with E-state index in [1.807, 2.05) is 0 Å². The Balaban J connectivity index is 1.91. The van der Waals surface area contributed by atoms with E-state index in [4.69, 9.17) is 20.8 Å². The fourth-order valence-electron chi connectivity index (χ4n) is 1.88. The fraction of sp³-hybridized carbons (Fsp3) is 0.200. The highest BCUT2D eigenvalue weighted by atomic mass is 35.5. The molecule has 1 heterocycles. The maximum atomic E-state index is 11.9. The van der Waals surface area contributed by atoms with Gasteiger partial charge in [-0.2, -0.15) is 0 Å². The molecule has 0 aliphatic carbocycles. The number of benzene rings is 1. The zero-order chi connectivity index (χ0) is 17.7. The van der Waals surface area contributed by atoms with Gasteiger partial charge in [-0.3, -0.25) is 14.9 Å². The van der Waals surface area contributed by atoms with Crippen LogP contribution >= 0.6 is 11.6 Å². The average Bonchev–Trinajstić information content (AvgIpc) is 3.07. The number of carbonyl (C=O) groups excluding carboxylic acids is 2. The lowest BCUT2D eigenvalue weighted by molar-refractivity contribution is -0.384. The summed E-state index contributed by atoms with van der Waals surface area (Å²) in [5, 5.41) is 13.1. The zero-order valence-electron chi connectivity index (χ0n) is 12.5. The van der Waals surface area contributed by atoms with Crippen molar-refractivity contribution in [2.75, 3.05) is 6.61 Å². The molecular weight excluding hydrogens is 340 g/mol. The summed E-state index contributed by atoms with van der Waals surface area (Å²) in [7, 11) is 0. The molecule has 0 saturated heterocycles. The van der Waals surface area contributed by atoms with Gasteiger partial charge in [0.15, 0.2) is 6.61 Å². The maximum absolute atomic E-state index is 11.9. The second-order valence-electron chi connectivity index (χ2n) is 4.80. The van der Waals surface area contributed by atoms with Crippen molar-refractivity contribution in [2.45, 2.75) is 13.0 Å². The van der Waals surface area contributed by atoms with E-state index in [-0.39, 0.29) is 22.3 Å². The number of halogens is 1. The van der Waals surface area contributed by atoms with Crippen LogP contribution in [0, 0.1) is 10.1 Å². The van der Waals surface area contributed by atoms with Gasteiger partial charge in [-0.1, -0.05) is 11.6 Å². The standard InChI is InChI=1S/C15H13ClN2O6/c1-9(13-3-2-6-23-13)17-14(19)8-24-15(20)11-5-4-10(18(21)22)7-12(11)16/h2-7,9H,8H2,1H3,(H,17,19)/t9-/m1/s1. The van der Waals surface area contributed by atoms with Crippen LogP contribution in [0.3, 0.4) is 0 Å². The predicted octanol–water partition coefficient (Wildman–Crippen LogP) is 2.88. The summed E-state index contributed by atoms with van der Waals surface area (Å²) in [6.45, 7) is 1.20. The molecule has 0 spiro atoms. The van der Waals surface area contributed by atoms with E-state index in [2.05, 4.69) is 5.32 Å². The minimum Gasteiger partial charge on any atom is -0.467 e. The number of nitro groups is 1. The first kappa shape index (κ1) is 17.5. The number of furan rings is 1. The number of amides is 1. The van der Waals surface area contributed by atoms with Crippen molar-refractivity contribution in [3.63, 3.8) is 0 Å². The number of hydrogen-bond donors (Lipinski definition) is 1. The van der Waals surface area contributed by atoms with Crippen molar-refractivity contribution < 1.29 is 23.7 Å². The highest BCUT2D eigenvalue weighted by Gasteiger charge is 2.18. The largest absolute Gasteiger partial charge is 0.467 e. The molecule has 0 aliphatic rings. The molecule has 1 N–H and O–H groups in total. The minimum absolute atomic E-state index is 0.0610. The summed E-state index contributed by atoms with van der Waals surface area (Å²) < 4.78 is 10.00. The lowest BCUT2D eigenvalue weighted by Crippen LogP contribution is -2.31. The van der Waals surface area contributed by atoms with Crippen molar-refractivity contribution in [3.05, 3.63) is 63.1 Å². The minimum atomic E-state index is -0.851. The van der Waals surface area contributed by atoms with Crippen LogP contribution in [0.1, 0.15) is 29.1 Å². The Kier molecular flexibility index (Phi) is 5.54. The van der Waals surface area contributed by atoms with Crippen LogP contribution in [0.2, 0.25) is 5.02 Å². The molecule has 0 unspecified atom stereocenters. The number of nitrogens with zero attached hydrogens (tertiary/aromatic N) is 1. The van der Waals surface area contributed by atoms with Crippen molar-refractivity contribution in [1.82, 2.24) is 5.32 Å². The van der Waals surface area contributed by atoms with Crippen LogP contribution in [0.25, 0.3) is 0 Å². The quantitative estimate of drug-likeness (QED) is 0.486. The molecule has 0 saturated carbocycles. The van der Waals surface area contributed by atoms with Gasteiger partial charge >= 0.3 is 5.97 Å². The van der Waals surface area contributed by atoms with Crippen LogP contribution in [-0.4, -0.2) is 23.4 Å². The van der Waals surface area contributed by atoms with Gasteiger partial charge in [0, 0.05) is 12.1 Å². The second-order valence-corrected chi connectivity index (χ2v) is 5.21. The normalized spacial score (nSPS) is 11.6. The molecule has 1 aromatic heterocycles. The van der Waals surface area contributed by atoms with Gasteiger partial charge in [0.25, 0.3) is 11.6 Å². The molecule has 1 atom stereocenters. The van der Waals surface area contributed by atoms with Crippen LogP contribution in [-0.2, 0) is 9.53 Å². The van der Waals surface area contributed by atoms with E-state index < -0.39 is 23.4 Å². The molecule has 0 bridgehead atoms. The number of nitrogens with one attached hydrogen (secondary N) is 1. The molecule has 0 aliphatic heterocycles. The lowest BCUT2D eigenvalue weighted by atomic mass is 10.2. The number of hydrogen-bond acceptors (Lipinski definition) is 6. The Morgan fingerprint density at radius 3 is 2.75 bits per heavy atom. The molecule has 0 fully saturated rings. The zero-order valence-corrected chi connectivity index (χ0v) is 13.3.